The molecule has 0 atom stereocenters. The molecule has 1 N–H and O–H groups in total. The van der Waals surface area contributed by atoms with Crippen LogP contribution >= 0.6 is 46.9 Å². The maximum absolute atomic E-state index is 6.02. The number of hydrogen-bond acceptors (Lipinski definition) is 2. The predicted molar refractivity (Wildman–Crippen MR) is 107 cm³/mol. The number of rotatable bonds is 5. The van der Waals surface area contributed by atoms with Gasteiger partial charge in [-0.25, -0.2) is 0 Å². The molecule has 2 heterocycles. The Morgan fingerprint density at radius 2 is 2.27 bits per heavy atom. The SMILES string of the molecule is CN=C(NCCc1ccsc1)N(C)Cc1cc(Cl)cn1C.I. The Morgan fingerprint density at radius 1 is 1.50 bits per heavy atom. The highest BCUT2D eigenvalue weighted by molar-refractivity contribution is 14.0. The number of nitrogens with one attached hydrogen (secondary N) is 1. The van der Waals surface area contributed by atoms with Crippen LogP contribution in [-0.2, 0) is 20.0 Å². The molecule has 0 saturated carbocycles. The van der Waals surface area contributed by atoms with E-state index in [2.05, 4.69) is 32.0 Å². The summed E-state index contributed by atoms with van der Waals surface area (Å²) in [5.74, 6) is 0.891. The summed E-state index contributed by atoms with van der Waals surface area (Å²) in [7, 11) is 5.84. The quantitative estimate of drug-likeness (QED) is 0.427. The molecule has 7 heteroatoms. The number of guanidine groups is 1. The molecule has 0 spiro atoms. The zero-order chi connectivity index (χ0) is 15.2. The van der Waals surface area contributed by atoms with E-state index in [1.165, 1.54) is 5.56 Å². The minimum absolute atomic E-state index is 0. The molecule has 0 saturated heterocycles. The molecular weight excluding hydrogens is 431 g/mol. The van der Waals surface area contributed by atoms with Crippen LogP contribution < -0.4 is 5.32 Å². The second-order valence-electron chi connectivity index (χ2n) is 4.97. The molecule has 0 aliphatic heterocycles. The van der Waals surface area contributed by atoms with Crippen molar-refractivity contribution in [1.29, 1.82) is 0 Å². The molecule has 4 nitrogen and oxygen atoms in total. The van der Waals surface area contributed by atoms with Crippen LogP contribution in [0.25, 0.3) is 0 Å². The van der Waals surface area contributed by atoms with Gasteiger partial charge in [0.1, 0.15) is 0 Å². The van der Waals surface area contributed by atoms with Crippen LogP contribution in [0, 0.1) is 0 Å². The monoisotopic (exact) mass is 452 g/mol. The van der Waals surface area contributed by atoms with Gasteiger partial charge < -0.3 is 14.8 Å². The molecule has 2 rings (SSSR count). The molecule has 0 aliphatic carbocycles. The summed E-state index contributed by atoms with van der Waals surface area (Å²) in [6.45, 7) is 1.64. The molecule has 0 aromatic carbocycles. The molecule has 0 fully saturated rings. The maximum Gasteiger partial charge on any atom is 0.193 e. The fraction of sp³-hybridized carbons (Fsp3) is 0.400. The molecule has 0 bridgehead atoms. The third kappa shape index (κ3) is 5.48. The number of aryl methyl sites for hydroxylation is 1. The van der Waals surface area contributed by atoms with Gasteiger partial charge in [-0.3, -0.25) is 4.99 Å². The van der Waals surface area contributed by atoms with Gasteiger partial charge in [0, 0.05) is 39.6 Å². The van der Waals surface area contributed by atoms with E-state index in [-0.39, 0.29) is 24.0 Å². The van der Waals surface area contributed by atoms with Crippen molar-refractivity contribution in [2.45, 2.75) is 13.0 Å². The maximum atomic E-state index is 6.02. The zero-order valence-corrected chi connectivity index (χ0v) is 16.9. The lowest BCUT2D eigenvalue weighted by atomic mass is 10.2. The third-order valence-corrected chi connectivity index (χ3v) is 4.26. The van der Waals surface area contributed by atoms with E-state index in [0.717, 1.165) is 36.2 Å². The van der Waals surface area contributed by atoms with Gasteiger partial charge in [0.2, 0.25) is 0 Å². The highest BCUT2D eigenvalue weighted by atomic mass is 127. The first kappa shape index (κ1) is 19.3. The van der Waals surface area contributed by atoms with Gasteiger partial charge in [-0.1, -0.05) is 11.6 Å². The highest BCUT2D eigenvalue weighted by Crippen LogP contribution is 2.14. The van der Waals surface area contributed by atoms with Gasteiger partial charge in [0.05, 0.1) is 11.6 Å². The molecule has 2 aromatic heterocycles. The van der Waals surface area contributed by atoms with E-state index in [4.69, 9.17) is 11.6 Å². The van der Waals surface area contributed by atoms with Gasteiger partial charge in [-0.05, 0) is 34.9 Å². The Morgan fingerprint density at radius 3 is 2.82 bits per heavy atom. The molecule has 0 amide bonds. The number of thiophene rings is 1. The summed E-state index contributed by atoms with van der Waals surface area (Å²) < 4.78 is 2.04. The lowest BCUT2D eigenvalue weighted by Gasteiger charge is -2.22. The number of aromatic nitrogens is 1. The van der Waals surface area contributed by atoms with Crippen LogP contribution in [0.3, 0.4) is 0 Å². The minimum Gasteiger partial charge on any atom is -0.356 e. The second kappa shape index (κ2) is 9.42. The summed E-state index contributed by atoms with van der Waals surface area (Å²) in [5.41, 5.74) is 2.52. The van der Waals surface area contributed by atoms with Crippen molar-refractivity contribution in [2.24, 2.45) is 12.0 Å². The van der Waals surface area contributed by atoms with E-state index in [1.54, 1.807) is 18.4 Å². The van der Waals surface area contributed by atoms with E-state index >= 15 is 0 Å². The first-order chi connectivity index (χ1) is 10.1. The Balaban J connectivity index is 0.00000242. The van der Waals surface area contributed by atoms with Gasteiger partial charge >= 0.3 is 0 Å². The lowest BCUT2D eigenvalue weighted by Crippen LogP contribution is -2.39. The first-order valence-electron chi connectivity index (χ1n) is 6.83. The summed E-state index contributed by atoms with van der Waals surface area (Å²) in [6.07, 6.45) is 2.92. The molecule has 122 valence electrons. The Labute approximate surface area is 158 Å². The Kier molecular flexibility index (Phi) is 8.27. The standard InChI is InChI=1S/C15H21ClN4S.HI/c1-17-15(18-6-4-12-5-7-21-11-12)20(3)10-14-8-13(16)9-19(14)2;/h5,7-9,11H,4,6,10H2,1-3H3,(H,17,18);1H. The Bertz CT molecular complexity index is 595. The molecule has 2 aromatic rings. The topological polar surface area (TPSA) is 32.6 Å². The average Bonchev–Trinajstić information content (AvgIpc) is 3.05. The lowest BCUT2D eigenvalue weighted by molar-refractivity contribution is 0.462. The van der Waals surface area contributed by atoms with Crippen LogP contribution in [0.15, 0.2) is 34.1 Å². The summed E-state index contributed by atoms with van der Waals surface area (Å²) in [6, 6.07) is 4.14. The van der Waals surface area contributed by atoms with Crippen molar-refractivity contribution >= 4 is 52.9 Å². The van der Waals surface area contributed by atoms with E-state index in [9.17, 15) is 0 Å². The summed E-state index contributed by atoms with van der Waals surface area (Å²) in [4.78, 5) is 6.43. The normalized spacial score (nSPS) is 11.2. The van der Waals surface area contributed by atoms with E-state index in [0.29, 0.717) is 0 Å². The largest absolute Gasteiger partial charge is 0.356 e. The molecule has 22 heavy (non-hydrogen) atoms. The van der Waals surface area contributed by atoms with Crippen molar-refractivity contribution in [1.82, 2.24) is 14.8 Å². The molecule has 0 unspecified atom stereocenters. The van der Waals surface area contributed by atoms with Crippen molar-refractivity contribution in [3.63, 3.8) is 0 Å². The van der Waals surface area contributed by atoms with Crippen molar-refractivity contribution in [3.05, 3.63) is 45.4 Å². The first-order valence-corrected chi connectivity index (χ1v) is 8.16. The second-order valence-corrected chi connectivity index (χ2v) is 6.19. The van der Waals surface area contributed by atoms with Crippen LogP contribution in [-0.4, -0.2) is 36.1 Å². The van der Waals surface area contributed by atoms with Crippen LogP contribution in [0.1, 0.15) is 11.3 Å². The van der Waals surface area contributed by atoms with E-state index in [1.807, 2.05) is 30.9 Å². The number of aliphatic imine (C=N–C) groups is 1. The summed E-state index contributed by atoms with van der Waals surface area (Å²) >= 11 is 7.75. The van der Waals surface area contributed by atoms with Crippen LogP contribution in [0.5, 0.6) is 0 Å². The number of nitrogens with zero attached hydrogens (tertiary/aromatic N) is 3. The number of halogens is 2. The van der Waals surface area contributed by atoms with Crippen LogP contribution in [0.2, 0.25) is 5.02 Å². The summed E-state index contributed by atoms with van der Waals surface area (Å²) in [5, 5.41) is 8.44. The highest BCUT2D eigenvalue weighted by Gasteiger charge is 2.09. The molecular formula is C15H22ClIN4S. The fourth-order valence-corrected chi connectivity index (χ4v) is 3.15. The van der Waals surface area contributed by atoms with Crippen molar-refractivity contribution in [2.75, 3.05) is 20.6 Å². The van der Waals surface area contributed by atoms with Crippen molar-refractivity contribution in [3.8, 4) is 0 Å². The molecule has 0 radical (unpaired) electrons. The smallest absolute Gasteiger partial charge is 0.193 e. The van der Waals surface area contributed by atoms with Gasteiger partial charge in [0.25, 0.3) is 0 Å². The number of hydrogen-bond donors (Lipinski definition) is 1. The third-order valence-electron chi connectivity index (χ3n) is 3.32. The van der Waals surface area contributed by atoms with E-state index < -0.39 is 0 Å². The zero-order valence-electron chi connectivity index (χ0n) is 13.0. The van der Waals surface area contributed by atoms with Gasteiger partial charge in [-0.15, -0.1) is 24.0 Å². The molecule has 0 aliphatic rings. The minimum atomic E-state index is 0. The Hall–Kier alpha value is -0.730. The van der Waals surface area contributed by atoms with Crippen LogP contribution in [0.4, 0.5) is 0 Å². The predicted octanol–water partition coefficient (Wildman–Crippen LogP) is 3.61. The average molecular weight is 453 g/mol. The fourth-order valence-electron chi connectivity index (χ4n) is 2.18. The van der Waals surface area contributed by atoms with Crippen molar-refractivity contribution < 1.29 is 0 Å². The van der Waals surface area contributed by atoms with Gasteiger partial charge in [-0.2, -0.15) is 11.3 Å². The van der Waals surface area contributed by atoms with Gasteiger partial charge in [0.15, 0.2) is 5.96 Å².